The lowest BCUT2D eigenvalue weighted by molar-refractivity contribution is -0.147. The molecule has 1 aromatic rings. The molecule has 4 amide bonds. The van der Waals surface area contributed by atoms with Crippen LogP contribution in [0.3, 0.4) is 0 Å². The van der Waals surface area contributed by atoms with Gasteiger partial charge < -0.3 is 15.4 Å². The summed E-state index contributed by atoms with van der Waals surface area (Å²) in [6.07, 6.45) is 0. The van der Waals surface area contributed by atoms with E-state index in [1.165, 1.54) is 18.2 Å². The first-order valence-electron chi connectivity index (χ1n) is 7.18. The largest absolute Gasteiger partial charge is 0.454 e. The Morgan fingerprint density at radius 3 is 2.44 bits per heavy atom. The lowest BCUT2D eigenvalue weighted by Crippen LogP contribution is -2.44. The van der Waals surface area contributed by atoms with Crippen LogP contribution in [0, 0.1) is 0 Å². The molecule has 0 heterocycles. The van der Waals surface area contributed by atoms with E-state index in [1.54, 1.807) is 13.8 Å². The number of urea groups is 1. The number of rotatable bonds is 6. The summed E-state index contributed by atoms with van der Waals surface area (Å²) in [6, 6.07) is 3.44. The Hall–Kier alpha value is -2.32. The van der Waals surface area contributed by atoms with Crippen molar-refractivity contribution in [2.45, 2.75) is 19.9 Å². The highest BCUT2D eigenvalue weighted by atomic mass is 35.5. The number of carbonyl (C=O) groups is 4. The summed E-state index contributed by atoms with van der Waals surface area (Å²) in [5.74, 6) is -2.24. The van der Waals surface area contributed by atoms with Gasteiger partial charge in [0.15, 0.2) is 6.61 Å². The smallest absolute Gasteiger partial charge is 0.325 e. The zero-order valence-electron chi connectivity index (χ0n) is 13.5. The number of esters is 1. The molecule has 0 aromatic heterocycles. The molecule has 0 atom stereocenters. The first kappa shape index (κ1) is 20.7. The highest BCUT2D eigenvalue weighted by Crippen LogP contribution is 2.20. The zero-order valence-corrected chi connectivity index (χ0v) is 15.0. The van der Waals surface area contributed by atoms with Crippen LogP contribution in [0.25, 0.3) is 0 Å². The molecule has 3 N–H and O–H groups in total. The Kier molecular flexibility index (Phi) is 8.17. The third-order valence-corrected chi connectivity index (χ3v) is 3.15. The van der Waals surface area contributed by atoms with E-state index >= 15 is 0 Å². The van der Waals surface area contributed by atoms with Gasteiger partial charge in [0.25, 0.3) is 11.8 Å². The van der Waals surface area contributed by atoms with Gasteiger partial charge in [0.05, 0.1) is 10.6 Å². The van der Waals surface area contributed by atoms with E-state index in [1.807, 2.05) is 5.32 Å². The molecule has 25 heavy (non-hydrogen) atoms. The van der Waals surface area contributed by atoms with Crippen molar-refractivity contribution >= 4 is 47.0 Å². The first-order valence-corrected chi connectivity index (χ1v) is 7.94. The van der Waals surface area contributed by atoms with E-state index in [2.05, 4.69) is 15.4 Å². The molecule has 0 saturated carbocycles. The zero-order chi connectivity index (χ0) is 19.0. The van der Waals surface area contributed by atoms with Gasteiger partial charge in [0, 0.05) is 11.1 Å². The number of amides is 4. The van der Waals surface area contributed by atoms with Crippen LogP contribution in [0.1, 0.15) is 24.2 Å². The van der Waals surface area contributed by atoms with Crippen LogP contribution >= 0.6 is 23.2 Å². The van der Waals surface area contributed by atoms with Crippen molar-refractivity contribution in [2.75, 3.05) is 13.2 Å². The van der Waals surface area contributed by atoms with E-state index in [-0.39, 0.29) is 16.6 Å². The van der Waals surface area contributed by atoms with Gasteiger partial charge in [0.1, 0.15) is 6.54 Å². The number of benzene rings is 1. The molecular weight excluding hydrogens is 373 g/mol. The standard InChI is InChI=1S/C15H17Cl2N3O5/c1-8(2)19-15(24)20-12(21)7-25-13(22)6-18-14(23)10-4-3-9(16)5-11(10)17/h3-5,8H,6-7H2,1-2H3,(H,18,23)(H2,19,20,21,24). The molecule has 0 spiro atoms. The fraction of sp³-hybridized carbons (Fsp3) is 0.333. The number of hydrogen-bond donors (Lipinski definition) is 3. The topological polar surface area (TPSA) is 114 Å². The molecule has 0 aliphatic rings. The Balaban J connectivity index is 2.36. The van der Waals surface area contributed by atoms with Gasteiger partial charge in [-0.1, -0.05) is 23.2 Å². The molecule has 0 unspecified atom stereocenters. The lowest BCUT2D eigenvalue weighted by atomic mass is 10.2. The summed E-state index contributed by atoms with van der Waals surface area (Å²) in [6.45, 7) is 2.32. The average Bonchev–Trinajstić information content (AvgIpc) is 2.49. The molecule has 0 aliphatic carbocycles. The fourth-order valence-electron chi connectivity index (χ4n) is 1.58. The normalized spacial score (nSPS) is 10.1. The summed E-state index contributed by atoms with van der Waals surface area (Å²) in [4.78, 5) is 46.1. The molecule has 0 radical (unpaired) electrons. The van der Waals surface area contributed by atoms with Crippen molar-refractivity contribution in [3.05, 3.63) is 33.8 Å². The molecule has 0 saturated heterocycles. The van der Waals surface area contributed by atoms with Crippen molar-refractivity contribution < 1.29 is 23.9 Å². The molecular formula is C15H17Cl2N3O5. The Morgan fingerprint density at radius 1 is 1.16 bits per heavy atom. The van der Waals surface area contributed by atoms with Gasteiger partial charge in [-0.25, -0.2) is 4.79 Å². The molecule has 136 valence electrons. The first-order chi connectivity index (χ1) is 11.7. The number of nitrogens with one attached hydrogen (secondary N) is 3. The second-order valence-electron chi connectivity index (χ2n) is 5.14. The number of ether oxygens (including phenoxy) is 1. The van der Waals surface area contributed by atoms with Gasteiger partial charge in [-0.15, -0.1) is 0 Å². The fourth-order valence-corrected chi connectivity index (χ4v) is 2.07. The molecule has 10 heteroatoms. The van der Waals surface area contributed by atoms with Gasteiger partial charge in [-0.05, 0) is 32.0 Å². The molecule has 0 fully saturated rings. The van der Waals surface area contributed by atoms with E-state index in [9.17, 15) is 19.2 Å². The Labute approximate surface area is 154 Å². The number of hydrogen-bond acceptors (Lipinski definition) is 5. The van der Waals surface area contributed by atoms with Crippen LogP contribution in [0.2, 0.25) is 10.0 Å². The SMILES string of the molecule is CC(C)NC(=O)NC(=O)COC(=O)CNC(=O)c1ccc(Cl)cc1Cl. The summed E-state index contributed by atoms with van der Waals surface area (Å²) in [5.41, 5.74) is 0.141. The van der Waals surface area contributed by atoms with Crippen LogP contribution in [0.15, 0.2) is 18.2 Å². The quantitative estimate of drug-likeness (QED) is 0.637. The summed E-state index contributed by atoms with van der Waals surface area (Å²) in [7, 11) is 0. The van der Waals surface area contributed by atoms with Gasteiger partial charge in [-0.2, -0.15) is 0 Å². The maximum atomic E-state index is 11.9. The number of imide groups is 1. The van der Waals surface area contributed by atoms with E-state index < -0.39 is 37.0 Å². The average molecular weight is 390 g/mol. The lowest BCUT2D eigenvalue weighted by Gasteiger charge is -2.10. The predicted octanol–water partition coefficient (Wildman–Crippen LogP) is 1.50. The Morgan fingerprint density at radius 2 is 1.84 bits per heavy atom. The molecule has 1 rings (SSSR count). The van der Waals surface area contributed by atoms with Crippen LogP contribution in [0.4, 0.5) is 4.79 Å². The number of carbonyl (C=O) groups excluding carboxylic acids is 4. The van der Waals surface area contributed by atoms with Gasteiger partial charge >= 0.3 is 12.0 Å². The highest BCUT2D eigenvalue weighted by Gasteiger charge is 2.14. The third kappa shape index (κ3) is 7.86. The van der Waals surface area contributed by atoms with Crippen molar-refractivity contribution in [3.63, 3.8) is 0 Å². The molecule has 1 aromatic carbocycles. The molecule has 0 bridgehead atoms. The van der Waals surface area contributed by atoms with E-state index in [0.29, 0.717) is 5.02 Å². The summed E-state index contributed by atoms with van der Waals surface area (Å²) in [5, 5.41) is 7.22. The summed E-state index contributed by atoms with van der Waals surface area (Å²) >= 11 is 11.6. The van der Waals surface area contributed by atoms with E-state index in [4.69, 9.17) is 23.2 Å². The number of halogens is 2. The minimum absolute atomic E-state index is 0.133. The second-order valence-corrected chi connectivity index (χ2v) is 5.99. The van der Waals surface area contributed by atoms with E-state index in [0.717, 1.165) is 0 Å². The van der Waals surface area contributed by atoms with Gasteiger partial charge in [0.2, 0.25) is 0 Å². The van der Waals surface area contributed by atoms with Gasteiger partial charge in [-0.3, -0.25) is 19.7 Å². The highest BCUT2D eigenvalue weighted by molar-refractivity contribution is 6.36. The molecule has 0 aliphatic heterocycles. The maximum absolute atomic E-state index is 11.9. The van der Waals surface area contributed by atoms with Crippen LogP contribution in [0.5, 0.6) is 0 Å². The maximum Gasteiger partial charge on any atom is 0.325 e. The third-order valence-electron chi connectivity index (χ3n) is 2.61. The van der Waals surface area contributed by atoms with Crippen molar-refractivity contribution in [1.82, 2.24) is 16.0 Å². The van der Waals surface area contributed by atoms with Crippen LogP contribution in [-0.4, -0.2) is 43.0 Å². The summed E-state index contributed by atoms with van der Waals surface area (Å²) < 4.78 is 4.65. The van der Waals surface area contributed by atoms with Crippen molar-refractivity contribution in [1.29, 1.82) is 0 Å². The monoisotopic (exact) mass is 389 g/mol. The van der Waals surface area contributed by atoms with Crippen molar-refractivity contribution in [2.24, 2.45) is 0 Å². The van der Waals surface area contributed by atoms with Crippen molar-refractivity contribution in [3.8, 4) is 0 Å². The minimum atomic E-state index is -0.849. The molecule has 8 nitrogen and oxygen atoms in total. The second kappa shape index (κ2) is 9.85. The predicted molar refractivity (Wildman–Crippen MR) is 91.6 cm³/mol. The minimum Gasteiger partial charge on any atom is -0.454 e. The van der Waals surface area contributed by atoms with Crippen LogP contribution < -0.4 is 16.0 Å². The van der Waals surface area contributed by atoms with Crippen LogP contribution in [-0.2, 0) is 14.3 Å². The Bertz CT molecular complexity index is 679.